The van der Waals surface area contributed by atoms with Gasteiger partial charge in [-0.15, -0.1) is 0 Å². The number of likely N-dealkylation sites (tertiary alicyclic amines) is 1. The van der Waals surface area contributed by atoms with Crippen molar-refractivity contribution in [1.82, 2.24) is 14.6 Å². The van der Waals surface area contributed by atoms with Gasteiger partial charge in [0, 0.05) is 41.6 Å². The van der Waals surface area contributed by atoms with Crippen LogP contribution in [0.15, 0.2) is 42.5 Å². The first kappa shape index (κ1) is 21.8. The quantitative estimate of drug-likeness (QED) is 0.444. The molecule has 1 aliphatic carbocycles. The number of piperidine rings is 1. The molecule has 7 heteroatoms. The van der Waals surface area contributed by atoms with E-state index in [1.807, 2.05) is 12.1 Å². The summed E-state index contributed by atoms with van der Waals surface area (Å²) < 4.78 is 36.1. The molecule has 32 heavy (non-hydrogen) atoms. The van der Waals surface area contributed by atoms with E-state index in [0.717, 1.165) is 54.5 Å². The standard InChI is InChI=1S/C25H30FN3O2S/c1-16-21-12-20(26)8-9-24(21)28-23(16)7-4-10-29-14-22-17(2)25(22,15-29)19-6-3-5-18(11-19)13-27-32(30)31/h3,5-6,8-9,11-12,17,22,27-28H,4,7,10,13-15H2,1-2H3,(H,30,31). The number of rotatable bonds is 8. The van der Waals surface area contributed by atoms with E-state index in [-0.39, 0.29) is 11.2 Å². The Morgan fingerprint density at radius 1 is 1.31 bits per heavy atom. The van der Waals surface area contributed by atoms with E-state index in [4.69, 9.17) is 4.55 Å². The molecule has 3 aromatic rings. The van der Waals surface area contributed by atoms with Crippen LogP contribution in [-0.4, -0.2) is 38.3 Å². The van der Waals surface area contributed by atoms with Gasteiger partial charge in [0.15, 0.2) is 0 Å². The lowest BCUT2D eigenvalue weighted by Gasteiger charge is -2.23. The number of aromatic nitrogens is 1. The number of aromatic amines is 1. The van der Waals surface area contributed by atoms with Gasteiger partial charge in [0.1, 0.15) is 5.82 Å². The molecule has 2 aromatic carbocycles. The fraction of sp³-hybridized carbons (Fsp3) is 0.440. The van der Waals surface area contributed by atoms with Gasteiger partial charge in [-0.1, -0.05) is 31.2 Å². The third kappa shape index (κ3) is 3.81. The van der Waals surface area contributed by atoms with Gasteiger partial charge in [-0.2, -0.15) is 0 Å². The molecule has 170 valence electrons. The minimum absolute atomic E-state index is 0.189. The number of nitrogens with one attached hydrogen (secondary N) is 2. The maximum atomic E-state index is 13.6. The summed E-state index contributed by atoms with van der Waals surface area (Å²) in [5.74, 6) is 1.15. The van der Waals surface area contributed by atoms with E-state index >= 15 is 0 Å². The third-order valence-corrected chi connectivity index (χ3v) is 8.19. The Hall–Kier alpha value is -2.06. The van der Waals surface area contributed by atoms with Crippen LogP contribution >= 0.6 is 0 Å². The van der Waals surface area contributed by atoms with E-state index in [1.54, 1.807) is 6.07 Å². The van der Waals surface area contributed by atoms with Gasteiger partial charge in [0.25, 0.3) is 0 Å². The van der Waals surface area contributed by atoms with E-state index in [2.05, 4.69) is 46.7 Å². The van der Waals surface area contributed by atoms with Crippen molar-refractivity contribution in [2.45, 2.75) is 38.6 Å². The van der Waals surface area contributed by atoms with Crippen molar-refractivity contribution >= 4 is 22.2 Å². The Morgan fingerprint density at radius 3 is 2.97 bits per heavy atom. The molecule has 1 aromatic heterocycles. The van der Waals surface area contributed by atoms with Crippen LogP contribution in [0.5, 0.6) is 0 Å². The molecule has 2 aliphatic rings. The zero-order valence-corrected chi connectivity index (χ0v) is 19.3. The fourth-order valence-corrected chi connectivity index (χ4v) is 6.25. The lowest BCUT2D eigenvalue weighted by molar-refractivity contribution is 0.277. The average molecular weight is 456 g/mol. The van der Waals surface area contributed by atoms with Crippen molar-refractivity contribution in [2.24, 2.45) is 11.8 Å². The maximum Gasteiger partial charge on any atom is 0.232 e. The van der Waals surface area contributed by atoms with Crippen LogP contribution in [0.2, 0.25) is 0 Å². The summed E-state index contributed by atoms with van der Waals surface area (Å²) in [5.41, 5.74) is 5.98. The number of hydrogen-bond donors (Lipinski definition) is 3. The largest absolute Gasteiger partial charge is 0.358 e. The molecule has 5 nitrogen and oxygen atoms in total. The number of H-pyrrole nitrogens is 1. The highest BCUT2D eigenvalue weighted by Gasteiger charge is 2.66. The summed E-state index contributed by atoms with van der Waals surface area (Å²) in [6.07, 6.45) is 2.03. The molecule has 4 unspecified atom stereocenters. The van der Waals surface area contributed by atoms with E-state index < -0.39 is 11.3 Å². The van der Waals surface area contributed by atoms with Crippen LogP contribution in [0.25, 0.3) is 10.9 Å². The van der Waals surface area contributed by atoms with Crippen molar-refractivity contribution in [2.75, 3.05) is 19.6 Å². The van der Waals surface area contributed by atoms with Crippen molar-refractivity contribution in [3.8, 4) is 0 Å². The molecular formula is C25H30FN3O2S. The summed E-state index contributed by atoms with van der Waals surface area (Å²) in [5, 5.41) is 0.981. The number of hydrogen-bond acceptors (Lipinski definition) is 2. The first-order valence-corrected chi connectivity index (χ1v) is 12.4. The van der Waals surface area contributed by atoms with Crippen LogP contribution in [0.1, 0.15) is 35.7 Å². The molecule has 3 N–H and O–H groups in total. The molecule has 0 amide bonds. The molecule has 2 fully saturated rings. The first-order chi connectivity index (χ1) is 15.4. The Kier molecular flexibility index (Phi) is 5.70. The van der Waals surface area contributed by atoms with Gasteiger partial charge < -0.3 is 9.88 Å². The van der Waals surface area contributed by atoms with Crippen LogP contribution in [-0.2, 0) is 29.6 Å². The molecule has 2 heterocycles. The zero-order chi connectivity index (χ0) is 22.5. The van der Waals surface area contributed by atoms with Crippen molar-refractivity contribution in [3.63, 3.8) is 0 Å². The summed E-state index contributed by atoms with van der Waals surface area (Å²) >= 11 is -1.99. The van der Waals surface area contributed by atoms with E-state index in [1.165, 1.54) is 17.3 Å². The highest BCUT2D eigenvalue weighted by Crippen LogP contribution is 2.63. The Bertz CT molecular complexity index is 1180. The normalized spacial score (nSPS) is 25.9. The smallest absolute Gasteiger partial charge is 0.232 e. The first-order valence-electron chi connectivity index (χ1n) is 11.3. The highest BCUT2D eigenvalue weighted by molar-refractivity contribution is 7.77. The summed E-state index contributed by atoms with van der Waals surface area (Å²) in [6, 6.07) is 13.4. The topological polar surface area (TPSA) is 68.4 Å². The number of benzene rings is 2. The van der Waals surface area contributed by atoms with E-state index in [0.29, 0.717) is 18.4 Å². The predicted molar refractivity (Wildman–Crippen MR) is 126 cm³/mol. The lowest BCUT2D eigenvalue weighted by Crippen LogP contribution is -2.30. The number of halogens is 1. The lowest BCUT2D eigenvalue weighted by atomic mass is 9.91. The minimum Gasteiger partial charge on any atom is -0.358 e. The molecule has 1 saturated carbocycles. The van der Waals surface area contributed by atoms with Gasteiger partial charge in [-0.25, -0.2) is 13.3 Å². The molecule has 5 rings (SSSR count). The molecular weight excluding hydrogens is 425 g/mol. The Morgan fingerprint density at radius 2 is 2.16 bits per heavy atom. The van der Waals surface area contributed by atoms with Gasteiger partial charge in [-0.05, 0) is 73.0 Å². The van der Waals surface area contributed by atoms with Crippen molar-refractivity contribution in [3.05, 3.63) is 70.7 Å². The van der Waals surface area contributed by atoms with Gasteiger partial charge in [0.05, 0.1) is 0 Å². The maximum absolute atomic E-state index is 13.6. The second kappa shape index (κ2) is 8.37. The summed E-state index contributed by atoms with van der Waals surface area (Å²) in [6.45, 7) is 8.06. The second-order valence-corrected chi connectivity index (χ2v) is 10.3. The molecule has 0 radical (unpaired) electrons. The fourth-order valence-electron chi connectivity index (χ4n) is 5.96. The Balaban J connectivity index is 1.22. The van der Waals surface area contributed by atoms with E-state index in [9.17, 15) is 8.60 Å². The van der Waals surface area contributed by atoms with Crippen LogP contribution in [0.3, 0.4) is 0 Å². The highest BCUT2D eigenvalue weighted by atomic mass is 32.2. The Labute approximate surface area is 190 Å². The van der Waals surface area contributed by atoms with Crippen LogP contribution in [0, 0.1) is 24.6 Å². The molecule has 0 bridgehead atoms. The SMILES string of the molecule is Cc1c(CCCN2CC3C(C)C3(c3cccc(CNS(=O)O)c3)C2)[nH]c2ccc(F)cc12. The predicted octanol–water partition coefficient (Wildman–Crippen LogP) is 4.29. The second-order valence-electron chi connectivity index (χ2n) is 9.46. The van der Waals surface area contributed by atoms with Gasteiger partial charge in [-0.3, -0.25) is 4.55 Å². The summed E-state index contributed by atoms with van der Waals surface area (Å²) in [7, 11) is 0. The van der Waals surface area contributed by atoms with Crippen LogP contribution in [0.4, 0.5) is 4.39 Å². The zero-order valence-electron chi connectivity index (χ0n) is 18.5. The van der Waals surface area contributed by atoms with Gasteiger partial charge >= 0.3 is 0 Å². The molecule has 0 spiro atoms. The minimum atomic E-state index is -1.99. The molecule has 1 saturated heterocycles. The van der Waals surface area contributed by atoms with Gasteiger partial charge in [0.2, 0.25) is 11.3 Å². The number of fused-ring (bicyclic) bond motifs is 2. The third-order valence-electron chi connectivity index (χ3n) is 7.80. The van der Waals surface area contributed by atoms with Crippen molar-refractivity contribution < 1.29 is 13.2 Å². The average Bonchev–Trinajstić information content (AvgIpc) is 3.05. The van der Waals surface area contributed by atoms with Crippen LogP contribution < -0.4 is 4.72 Å². The van der Waals surface area contributed by atoms with Crippen molar-refractivity contribution in [1.29, 1.82) is 0 Å². The number of aryl methyl sites for hydroxylation is 2. The molecule has 4 atom stereocenters. The monoisotopic (exact) mass is 455 g/mol. The summed E-state index contributed by atoms with van der Waals surface area (Å²) in [4.78, 5) is 6.05. The molecule has 1 aliphatic heterocycles. The number of nitrogens with zero attached hydrogens (tertiary/aromatic N) is 1.